The summed E-state index contributed by atoms with van der Waals surface area (Å²) in [5.74, 6) is 0.937. The van der Waals surface area contributed by atoms with Crippen molar-refractivity contribution >= 4 is 11.6 Å². The Morgan fingerprint density at radius 2 is 2.29 bits per heavy atom. The Morgan fingerprint density at radius 1 is 1.52 bits per heavy atom. The highest BCUT2D eigenvalue weighted by Gasteiger charge is 2.29. The molecule has 1 aliphatic heterocycles. The smallest absolute Gasteiger partial charge is 0.241 e. The van der Waals surface area contributed by atoms with Crippen LogP contribution in [0.3, 0.4) is 0 Å². The molecule has 1 heterocycles. The number of anilines is 1. The quantitative estimate of drug-likeness (QED) is 0.838. The van der Waals surface area contributed by atoms with Gasteiger partial charge in [0.15, 0.2) is 0 Å². The molecular weight excluding hydrogens is 268 g/mol. The number of aliphatic hydroxyl groups excluding tert-OH is 1. The molecule has 1 saturated heterocycles. The Hall–Kier alpha value is -1.59. The summed E-state index contributed by atoms with van der Waals surface area (Å²) >= 11 is 0. The summed E-state index contributed by atoms with van der Waals surface area (Å²) < 4.78 is 5.52. The predicted octanol–water partition coefficient (Wildman–Crippen LogP) is 1.73. The lowest BCUT2D eigenvalue weighted by Crippen LogP contribution is -2.40. The largest absolute Gasteiger partial charge is 0.492 e. The molecule has 116 valence electrons. The van der Waals surface area contributed by atoms with Gasteiger partial charge in [-0.15, -0.1) is 0 Å². The summed E-state index contributed by atoms with van der Waals surface area (Å²) in [6.45, 7) is 6.20. The van der Waals surface area contributed by atoms with E-state index >= 15 is 0 Å². The maximum Gasteiger partial charge on any atom is 0.241 e. The molecule has 0 saturated carbocycles. The molecule has 1 aliphatic rings. The highest BCUT2D eigenvalue weighted by Crippen LogP contribution is 2.25. The normalized spacial score (nSPS) is 20.2. The third-order valence-electron chi connectivity index (χ3n) is 3.95. The van der Waals surface area contributed by atoms with Gasteiger partial charge < -0.3 is 15.2 Å². The van der Waals surface area contributed by atoms with Crippen LogP contribution in [-0.2, 0) is 4.79 Å². The van der Waals surface area contributed by atoms with Gasteiger partial charge in [0.05, 0.1) is 18.3 Å². The number of nitrogens with one attached hydrogen (secondary N) is 1. The van der Waals surface area contributed by atoms with Crippen LogP contribution in [0.2, 0.25) is 0 Å². The summed E-state index contributed by atoms with van der Waals surface area (Å²) in [6.07, 6.45) is 0.948. The van der Waals surface area contributed by atoms with Gasteiger partial charge in [0.25, 0.3) is 0 Å². The zero-order valence-electron chi connectivity index (χ0n) is 12.7. The molecule has 2 N–H and O–H groups in total. The van der Waals surface area contributed by atoms with E-state index in [1.807, 2.05) is 38.1 Å². The van der Waals surface area contributed by atoms with E-state index in [4.69, 9.17) is 4.74 Å². The van der Waals surface area contributed by atoms with Gasteiger partial charge in [-0.25, -0.2) is 0 Å². The number of ether oxygens (including phenoxy) is 1. The van der Waals surface area contributed by atoms with Crippen molar-refractivity contribution in [3.63, 3.8) is 0 Å². The third-order valence-corrected chi connectivity index (χ3v) is 3.95. The van der Waals surface area contributed by atoms with E-state index in [2.05, 4.69) is 10.2 Å². The number of para-hydroxylation sites is 2. The van der Waals surface area contributed by atoms with Gasteiger partial charge in [0, 0.05) is 13.2 Å². The van der Waals surface area contributed by atoms with E-state index < -0.39 is 0 Å². The molecule has 1 amide bonds. The predicted molar refractivity (Wildman–Crippen MR) is 82.5 cm³/mol. The zero-order valence-corrected chi connectivity index (χ0v) is 12.7. The van der Waals surface area contributed by atoms with Gasteiger partial charge in [0.1, 0.15) is 5.75 Å². The molecule has 2 unspecified atom stereocenters. The van der Waals surface area contributed by atoms with Crippen molar-refractivity contribution in [2.45, 2.75) is 26.3 Å². The van der Waals surface area contributed by atoms with Crippen LogP contribution in [-0.4, -0.2) is 48.3 Å². The molecular formula is C16H24N2O3. The molecule has 5 heteroatoms. The molecule has 21 heavy (non-hydrogen) atoms. The summed E-state index contributed by atoms with van der Waals surface area (Å²) in [7, 11) is 0. The molecule has 1 aromatic rings. The van der Waals surface area contributed by atoms with Gasteiger partial charge in [-0.1, -0.05) is 12.1 Å². The maximum atomic E-state index is 12.4. The standard InChI is InChI=1S/C16H24N2O3/c1-3-21-15-7-5-4-6-14(15)17-16(20)12(2)18-9-8-13(10-18)11-19/h4-7,12-13,19H,3,8-11H2,1-2H3,(H,17,20). The second kappa shape index (κ2) is 7.43. The van der Waals surface area contributed by atoms with E-state index in [9.17, 15) is 9.90 Å². The van der Waals surface area contributed by atoms with E-state index in [1.165, 1.54) is 0 Å². The van der Waals surface area contributed by atoms with Crippen molar-refractivity contribution in [3.8, 4) is 5.75 Å². The Morgan fingerprint density at radius 3 is 2.95 bits per heavy atom. The lowest BCUT2D eigenvalue weighted by atomic mass is 10.1. The Balaban J connectivity index is 1.98. The van der Waals surface area contributed by atoms with Crippen molar-refractivity contribution in [1.82, 2.24) is 4.90 Å². The highest BCUT2D eigenvalue weighted by molar-refractivity contribution is 5.95. The molecule has 2 atom stereocenters. The minimum Gasteiger partial charge on any atom is -0.492 e. The van der Waals surface area contributed by atoms with E-state index in [0.717, 1.165) is 19.5 Å². The summed E-state index contributed by atoms with van der Waals surface area (Å²) in [5, 5.41) is 12.1. The van der Waals surface area contributed by atoms with E-state index in [0.29, 0.717) is 18.0 Å². The van der Waals surface area contributed by atoms with Crippen molar-refractivity contribution in [1.29, 1.82) is 0 Å². The summed E-state index contributed by atoms with van der Waals surface area (Å²) in [5.41, 5.74) is 0.703. The van der Waals surface area contributed by atoms with Crippen LogP contribution in [0.15, 0.2) is 24.3 Å². The molecule has 0 aliphatic carbocycles. The topological polar surface area (TPSA) is 61.8 Å². The van der Waals surface area contributed by atoms with Crippen LogP contribution in [0.25, 0.3) is 0 Å². The van der Waals surface area contributed by atoms with Gasteiger partial charge in [-0.05, 0) is 44.9 Å². The number of nitrogens with zero attached hydrogens (tertiary/aromatic N) is 1. The number of rotatable bonds is 6. The first-order chi connectivity index (χ1) is 10.2. The monoisotopic (exact) mass is 292 g/mol. The van der Waals surface area contributed by atoms with Crippen LogP contribution in [0.4, 0.5) is 5.69 Å². The van der Waals surface area contributed by atoms with Gasteiger partial charge in [-0.2, -0.15) is 0 Å². The van der Waals surface area contributed by atoms with Gasteiger partial charge in [-0.3, -0.25) is 9.69 Å². The minimum absolute atomic E-state index is 0.0410. The molecule has 0 aromatic heterocycles. The van der Waals surface area contributed by atoms with Crippen molar-refractivity contribution in [3.05, 3.63) is 24.3 Å². The molecule has 0 bridgehead atoms. The van der Waals surface area contributed by atoms with Gasteiger partial charge >= 0.3 is 0 Å². The fourth-order valence-corrected chi connectivity index (χ4v) is 2.62. The molecule has 1 aromatic carbocycles. The maximum absolute atomic E-state index is 12.4. The third kappa shape index (κ3) is 3.95. The second-order valence-electron chi connectivity index (χ2n) is 5.43. The number of carbonyl (C=O) groups excluding carboxylic acids is 1. The fraction of sp³-hybridized carbons (Fsp3) is 0.562. The molecule has 0 spiro atoms. The zero-order chi connectivity index (χ0) is 15.2. The number of benzene rings is 1. The van der Waals surface area contributed by atoms with Crippen LogP contribution in [0, 0.1) is 5.92 Å². The number of hydrogen-bond donors (Lipinski definition) is 2. The molecule has 1 fully saturated rings. The van der Waals surface area contributed by atoms with Crippen LogP contribution in [0.5, 0.6) is 5.75 Å². The average Bonchev–Trinajstić information content (AvgIpc) is 2.97. The van der Waals surface area contributed by atoms with Crippen LogP contribution >= 0.6 is 0 Å². The summed E-state index contributed by atoms with van der Waals surface area (Å²) in [4.78, 5) is 14.5. The molecule has 5 nitrogen and oxygen atoms in total. The summed E-state index contributed by atoms with van der Waals surface area (Å²) in [6, 6.07) is 7.24. The first-order valence-electron chi connectivity index (χ1n) is 7.53. The van der Waals surface area contributed by atoms with E-state index in [1.54, 1.807) is 0 Å². The highest BCUT2D eigenvalue weighted by atomic mass is 16.5. The Bertz CT molecular complexity index is 478. The number of aliphatic hydroxyl groups is 1. The SMILES string of the molecule is CCOc1ccccc1NC(=O)C(C)N1CCC(CO)C1. The fourth-order valence-electron chi connectivity index (χ4n) is 2.62. The average molecular weight is 292 g/mol. The van der Waals surface area contributed by atoms with Crippen molar-refractivity contribution in [2.24, 2.45) is 5.92 Å². The van der Waals surface area contributed by atoms with Crippen LogP contribution < -0.4 is 10.1 Å². The number of amides is 1. The first-order valence-corrected chi connectivity index (χ1v) is 7.53. The van der Waals surface area contributed by atoms with E-state index in [-0.39, 0.29) is 24.5 Å². The lowest BCUT2D eigenvalue weighted by molar-refractivity contribution is -0.120. The second-order valence-corrected chi connectivity index (χ2v) is 5.43. The lowest BCUT2D eigenvalue weighted by Gasteiger charge is -2.23. The Labute approximate surface area is 125 Å². The number of carbonyl (C=O) groups is 1. The van der Waals surface area contributed by atoms with Crippen molar-refractivity contribution in [2.75, 3.05) is 31.6 Å². The van der Waals surface area contributed by atoms with Crippen LogP contribution in [0.1, 0.15) is 20.3 Å². The van der Waals surface area contributed by atoms with Gasteiger partial charge in [0.2, 0.25) is 5.91 Å². The minimum atomic E-state index is -0.212. The molecule has 0 radical (unpaired) electrons. The number of likely N-dealkylation sites (tertiary alicyclic amines) is 1. The number of hydrogen-bond acceptors (Lipinski definition) is 4. The Kier molecular flexibility index (Phi) is 5.59. The van der Waals surface area contributed by atoms with Crippen molar-refractivity contribution < 1.29 is 14.6 Å². The molecule has 2 rings (SSSR count). The first kappa shape index (κ1) is 15.8.